The Morgan fingerprint density at radius 3 is 2.96 bits per heavy atom. The average molecular weight is 337 g/mol. The normalized spacial score (nSPS) is 27.0. The first kappa shape index (κ1) is 16.3. The molecule has 1 aliphatic heterocycles. The van der Waals surface area contributed by atoms with Gasteiger partial charge in [0.25, 0.3) is 0 Å². The highest BCUT2D eigenvalue weighted by Gasteiger charge is 2.44. The third kappa shape index (κ3) is 3.19. The minimum absolute atomic E-state index is 0.204. The van der Waals surface area contributed by atoms with Gasteiger partial charge in [0.05, 0.1) is 19.1 Å². The molecule has 4 atom stereocenters. The number of hydrogen-bond acceptors (Lipinski definition) is 9. The van der Waals surface area contributed by atoms with Crippen LogP contribution in [0.1, 0.15) is 22.6 Å². The molecule has 0 aromatic carbocycles. The third-order valence-electron chi connectivity index (χ3n) is 3.39. The number of rotatable bonds is 5. The van der Waals surface area contributed by atoms with Gasteiger partial charge in [-0.2, -0.15) is 5.10 Å². The van der Waals surface area contributed by atoms with Crippen LogP contribution in [-0.4, -0.2) is 67.1 Å². The first-order valence-corrected chi connectivity index (χ1v) is 7.00. The highest BCUT2D eigenvalue weighted by Crippen LogP contribution is 2.28. The minimum Gasteiger partial charge on any atom is -0.463 e. The SMILES string of the molecule is O=C(N/N=C\c1ccco1)c1ncn([C@@H]2O[C@H](CO)[C@@H](O)[C@H]2O)n1. The molecule has 11 heteroatoms. The zero-order chi connectivity index (χ0) is 17.1. The molecule has 3 heterocycles. The van der Waals surface area contributed by atoms with Crippen molar-refractivity contribution in [3.8, 4) is 0 Å². The molecule has 0 bridgehead atoms. The van der Waals surface area contributed by atoms with Crippen molar-refractivity contribution in [1.29, 1.82) is 0 Å². The van der Waals surface area contributed by atoms with Crippen LogP contribution in [0.4, 0.5) is 0 Å². The van der Waals surface area contributed by atoms with Gasteiger partial charge in [-0.1, -0.05) is 0 Å². The molecule has 2 aromatic rings. The molecule has 0 spiro atoms. The lowest BCUT2D eigenvalue weighted by Crippen LogP contribution is -2.33. The number of furan rings is 1. The van der Waals surface area contributed by atoms with Crippen LogP contribution in [0, 0.1) is 0 Å². The van der Waals surface area contributed by atoms with E-state index >= 15 is 0 Å². The van der Waals surface area contributed by atoms with Crippen molar-refractivity contribution in [2.75, 3.05) is 6.61 Å². The standard InChI is InChI=1S/C13H15N5O6/c19-5-8-9(20)10(21)13(24-8)18-6-14-11(17-18)12(22)16-15-4-7-2-1-3-23-7/h1-4,6,8-10,13,19-21H,5H2,(H,16,22)/b15-4-/t8-,9-,10-,13-/m1/s1. The summed E-state index contributed by atoms with van der Waals surface area (Å²) in [6, 6.07) is 3.33. The van der Waals surface area contributed by atoms with E-state index in [1.807, 2.05) is 0 Å². The van der Waals surface area contributed by atoms with Crippen molar-refractivity contribution in [3.05, 3.63) is 36.3 Å². The Kier molecular flexibility index (Phi) is 4.66. The number of carbonyl (C=O) groups is 1. The summed E-state index contributed by atoms with van der Waals surface area (Å²) in [6.07, 6.45) is -0.627. The quantitative estimate of drug-likeness (QED) is 0.370. The number of hydrazone groups is 1. The molecule has 128 valence electrons. The van der Waals surface area contributed by atoms with Crippen LogP contribution in [0.15, 0.2) is 34.2 Å². The second-order valence-electron chi connectivity index (χ2n) is 4.99. The molecule has 3 rings (SSSR count). The van der Waals surface area contributed by atoms with Crippen molar-refractivity contribution >= 4 is 12.1 Å². The molecule has 1 saturated heterocycles. The topological polar surface area (TPSA) is 155 Å². The molecule has 1 aliphatic rings. The second-order valence-corrected chi connectivity index (χ2v) is 4.99. The van der Waals surface area contributed by atoms with Crippen molar-refractivity contribution in [3.63, 3.8) is 0 Å². The first-order valence-electron chi connectivity index (χ1n) is 7.00. The Labute approximate surface area is 135 Å². The number of nitrogens with zero attached hydrogens (tertiary/aromatic N) is 4. The Hall–Kier alpha value is -2.60. The summed E-state index contributed by atoms with van der Waals surface area (Å²) in [5, 5.41) is 36.2. The van der Waals surface area contributed by atoms with Crippen LogP contribution >= 0.6 is 0 Å². The van der Waals surface area contributed by atoms with Crippen molar-refractivity contribution in [1.82, 2.24) is 20.2 Å². The number of aliphatic hydroxyl groups excluding tert-OH is 3. The van der Waals surface area contributed by atoms with Gasteiger partial charge in [0.1, 0.15) is 30.4 Å². The molecule has 4 N–H and O–H groups in total. The Morgan fingerprint density at radius 2 is 2.29 bits per heavy atom. The molecular formula is C13H15N5O6. The van der Waals surface area contributed by atoms with E-state index < -0.39 is 37.1 Å². The zero-order valence-corrected chi connectivity index (χ0v) is 12.3. The third-order valence-corrected chi connectivity index (χ3v) is 3.39. The van der Waals surface area contributed by atoms with Gasteiger partial charge in [0.15, 0.2) is 6.23 Å². The van der Waals surface area contributed by atoms with Crippen LogP contribution in [0.5, 0.6) is 0 Å². The molecule has 0 aliphatic carbocycles. The van der Waals surface area contributed by atoms with E-state index in [0.717, 1.165) is 4.68 Å². The van der Waals surface area contributed by atoms with E-state index in [0.29, 0.717) is 5.76 Å². The summed E-state index contributed by atoms with van der Waals surface area (Å²) >= 11 is 0. The molecule has 24 heavy (non-hydrogen) atoms. The molecular weight excluding hydrogens is 322 g/mol. The maximum Gasteiger partial charge on any atom is 0.311 e. The number of aromatic nitrogens is 3. The van der Waals surface area contributed by atoms with Gasteiger partial charge in [-0.25, -0.2) is 15.1 Å². The van der Waals surface area contributed by atoms with Gasteiger partial charge < -0.3 is 24.5 Å². The Morgan fingerprint density at radius 1 is 1.46 bits per heavy atom. The lowest BCUT2D eigenvalue weighted by molar-refractivity contribution is -0.0588. The molecule has 1 amide bonds. The minimum atomic E-state index is -1.31. The number of nitrogens with one attached hydrogen (secondary N) is 1. The predicted molar refractivity (Wildman–Crippen MR) is 76.8 cm³/mol. The lowest BCUT2D eigenvalue weighted by atomic mass is 10.1. The molecule has 1 fully saturated rings. The van der Waals surface area contributed by atoms with E-state index in [2.05, 4.69) is 20.6 Å². The van der Waals surface area contributed by atoms with Crippen molar-refractivity contribution < 1.29 is 29.3 Å². The maximum absolute atomic E-state index is 11.9. The van der Waals surface area contributed by atoms with E-state index in [1.54, 1.807) is 12.1 Å². The summed E-state index contributed by atoms with van der Waals surface area (Å²) in [5.74, 6) is -0.423. The monoisotopic (exact) mass is 337 g/mol. The van der Waals surface area contributed by atoms with Crippen LogP contribution in [0.3, 0.4) is 0 Å². The number of aliphatic hydroxyl groups is 3. The van der Waals surface area contributed by atoms with Crippen LogP contribution < -0.4 is 5.43 Å². The smallest absolute Gasteiger partial charge is 0.311 e. The maximum atomic E-state index is 11.9. The number of carbonyl (C=O) groups excluding carboxylic acids is 1. The average Bonchev–Trinajstić information content (AvgIpc) is 3.30. The first-order chi connectivity index (χ1) is 11.6. The highest BCUT2D eigenvalue weighted by molar-refractivity contribution is 5.91. The van der Waals surface area contributed by atoms with Crippen LogP contribution in [-0.2, 0) is 4.74 Å². The van der Waals surface area contributed by atoms with Crippen LogP contribution in [0.2, 0.25) is 0 Å². The van der Waals surface area contributed by atoms with Crippen molar-refractivity contribution in [2.45, 2.75) is 24.5 Å². The van der Waals surface area contributed by atoms with E-state index in [-0.39, 0.29) is 5.82 Å². The molecule has 11 nitrogen and oxygen atoms in total. The second kappa shape index (κ2) is 6.88. The van der Waals surface area contributed by atoms with Gasteiger partial charge in [-0.3, -0.25) is 4.79 Å². The van der Waals surface area contributed by atoms with Gasteiger partial charge in [-0.15, -0.1) is 5.10 Å². The summed E-state index contributed by atoms with van der Waals surface area (Å²) in [5.41, 5.74) is 2.22. The zero-order valence-electron chi connectivity index (χ0n) is 12.3. The lowest BCUT2D eigenvalue weighted by Gasteiger charge is -2.13. The summed E-state index contributed by atoms with van der Waals surface area (Å²) in [6.45, 7) is -0.460. The largest absolute Gasteiger partial charge is 0.463 e. The van der Waals surface area contributed by atoms with Crippen molar-refractivity contribution in [2.24, 2.45) is 5.10 Å². The molecule has 0 radical (unpaired) electrons. The number of hydrogen-bond donors (Lipinski definition) is 4. The van der Waals surface area contributed by atoms with E-state index in [1.165, 1.54) is 18.8 Å². The van der Waals surface area contributed by atoms with Crippen LogP contribution in [0.25, 0.3) is 0 Å². The molecule has 0 saturated carbocycles. The van der Waals surface area contributed by atoms with Gasteiger partial charge in [0.2, 0.25) is 5.82 Å². The van der Waals surface area contributed by atoms with E-state index in [4.69, 9.17) is 14.3 Å². The predicted octanol–water partition coefficient (Wildman–Crippen LogP) is -1.75. The van der Waals surface area contributed by atoms with Gasteiger partial charge in [0, 0.05) is 0 Å². The van der Waals surface area contributed by atoms with E-state index in [9.17, 15) is 15.0 Å². The fraction of sp³-hybridized carbons (Fsp3) is 0.385. The van der Waals surface area contributed by atoms with Gasteiger partial charge in [-0.05, 0) is 12.1 Å². The summed E-state index contributed by atoms with van der Waals surface area (Å²) in [7, 11) is 0. The number of ether oxygens (including phenoxy) is 1. The Bertz CT molecular complexity index is 714. The van der Waals surface area contributed by atoms with Gasteiger partial charge >= 0.3 is 5.91 Å². The fourth-order valence-corrected chi connectivity index (χ4v) is 2.17. The highest BCUT2D eigenvalue weighted by atomic mass is 16.6. The molecule has 2 aromatic heterocycles. The Balaban J connectivity index is 1.64. The number of amides is 1. The summed E-state index contributed by atoms with van der Waals surface area (Å²) in [4.78, 5) is 15.7. The summed E-state index contributed by atoms with van der Waals surface area (Å²) < 4.78 is 11.4. The fourth-order valence-electron chi connectivity index (χ4n) is 2.17. The molecule has 0 unspecified atom stereocenters.